The van der Waals surface area contributed by atoms with Crippen molar-refractivity contribution in [3.05, 3.63) is 59.2 Å². The highest BCUT2D eigenvalue weighted by Crippen LogP contribution is 2.32. The molecule has 0 aliphatic carbocycles. The minimum Gasteiger partial charge on any atom is -0.454 e. The van der Waals surface area contributed by atoms with Gasteiger partial charge in [-0.1, -0.05) is 12.1 Å². The number of hydrogen-bond acceptors (Lipinski definition) is 6. The largest absolute Gasteiger partial charge is 0.454 e. The van der Waals surface area contributed by atoms with Crippen molar-refractivity contribution in [2.24, 2.45) is 0 Å². The van der Waals surface area contributed by atoms with Crippen LogP contribution in [0.1, 0.15) is 28.4 Å². The van der Waals surface area contributed by atoms with Crippen LogP contribution in [0.5, 0.6) is 11.5 Å². The van der Waals surface area contributed by atoms with Crippen molar-refractivity contribution in [2.75, 3.05) is 6.79 Å². The summed E-state index contributed by atoms with van der Waals surface area (Å²) in [6, 6.07) is 13.4. The minimum absolute atomic E-state index is 0.186. The van der Waals surface area contributed by atoms with Crippen molar-refractivity contribution >= 4 is 11.9 Å². The lowest BCUT2D eigenvalue weighted by Gasteiger charge is -2.14. The second-order valence-corrected chi connectivity index (χ2v) is 5.65. The Hall–Kier alpha value is -3.53. The summed E-state index contributed by atoms with van der Waals surface area (Å²) in [6.07, 6.45) is -0.970. The molecule has 0 bridgehead atoms. The summed E-state index contributed by atoms with van der Waals surface area (Å²) in [5, 5.41) is 11.6. The van der Waals surface area contributed by atoms with Crippen LogP contribution in [0.25, 0.3) is 0 Å². The number of amides is 1. The maximum Gasteiger partial charge on any atom is 0.338 e. The summed E-state index contributed by atoms with van der Waals surface area (Å²) in [7, 11) is 0. The van der Waals surface area contributed by atoms with E-state index < -0.39 is 18.0 Å². The van der Waals surface area contributed by atoms with Gasteiger partial charge in [0, 0.05) is 6.54 Å². The fourth-order valence-corrected chi connectivity index (χ4v) is 2.38. The van der Waals surface area contributed by atoms with Crippen LogP contribution in [0, 0.1) is 11.3 Å². The number of rotatable bonds is 5. The first kappa shape index (κ1) is 17.3. The van der Waals surface area contributed by atoms with Gasteiger partial charge in [-0.2, -0.15) is 5.26 Å². The van der Waals surface area contributed by atoms with Crippen molar-refractivity contribution in [3.8, 4) is 17.6 Å². The number of esters is 1. The summed E-state index contributed by atoms with van der Waals surface area (Å²) in [6.45, 7) is 1.94. The molecule has 1 aliphatic rings. The Kier molecular flexibility index (Phi) is 5.04. The monoisotopic (exact) mass is 352 g/mol. The molecule has 1 atom stereocenters. The lowest BCUT2D eigenvalue weighted by atomic mass is 10.1. The lowest BCUT2D eigenvalue weighted by Crippen LogP contribution is -2.35. The Bertz CT molecular complexity index is 888. The third-order valence-electron chi connectivity index (χ3n) is 3.78. The highest BCUT2D eigenvalue weighted by Gasteiger charge is 2.19. The van der Waals surface area contributed by atoms with E-state index in [-0.39, 0.29) is 18.9 Å². The third-order valence-corrected chi connectivity index (χ3v) is 3.78. The average Bonchev–Trinajstić information content (AvgIpc) is 3.13. The number of benzene rings is 2. The molecule has 0 fully saturated rings. The summed E-state index contributed by atoms with van der Waals surface area (Å²) in [5.74, 6) is 0.218. The van der Waals surface area contributed by atoms with Gasteiger partial charge in [0.15, 0.2) is 17.6 Å². The summed E-state index contributed by atoms with van der Waals surface area (Å²) >= 11 is 0. The fraction of sp³-hybridized carbons (Fsp3) is 0.211. The van der Waals surface area contributed by atoms with Gasteiger partial charge in [0.1, 0.15) is 0 Å². The van der Waals surface area contributed by atoms with E-state index in [9.17, 15) is 9.59 Å². The molecule has 1 amide bonds. The van der Waals surface area contributed by atoms with E-state index in [1.165, 1.54) is 19.1 Å². The van der Waals surface area contributed by atoms with E-state index >= 15 is 0 Å². The maximum absolute atomic E-state index is 12.1. The number of fused-ring (bicyclic) bond motifs is 1. The molecule has 1 heterocycles. The standard InChI is InChI=1S/C19H16N2O5/c1-12(26-19(23)15-4-2-3-13(7-15)9-20)18(22)21-10-14-5-6-16-17(8-14)25-11-24-16/h2-8,12H,10-11H2,1H3,(H,21,22)/t12-/m0/s1. The smallest absolute Gasteiger partial charge is 0.338 e. The van der Waals surface area contributed by atoms with E-state index in [2.05, 4.69) is 5.32 Å². The topological polar surface area (TPSA) is 97.7 Å². The van der Waals surface area contributed by atoms with E-state index in [1.54, 1.807) is 24.3 Å². The number of ether oxygens (including phenoxy) is 3. The van der Waals surface area contributed by atoms with E-state index in [1.807, 2.05) is 12.1 Å². The Morgan fingerprint density at radius 1 is 1.23 bits per heavy atom. The quantitative estimate of drug-likeness (QED) is 0.828. The van der Waals surface area contributed by atoms with Gasteiger partial charge in [-0.3, -0.25) is 4.79 Å². The first-order valence-corrected chi connectivity index (χ1v) is 7.94. The molecule has 0 spiro atoms. The molecule has 1 N–H and O–H groups in total. The molecule has 0 radical (unpaired) electrons. The van der Waals surface area contributed by atoms with Crippen LogP contribution < -0.4 is 14.8 Å². The van der Waals surface area contributed by atoms with Gasteiger partial charge in [0.05, 0.1) is 17.2 Å². The predicted molar refractivity (Wildman–Crippen MR) is 90.4 cm³/mol. The van der Waals surface area contributed by atoms with Crippen LogP contribution >= 0.6 is 0 Å². The zero-order chi connectivity index (χ0) is 18.5. The Morgan fingerprint density at radius 3 is 2.85 bits per heavy atom. The maximum atomic E-state index is 12.1. The number of carbonyl (C=O) groups excluding carboxylic acids is 2. The fourth-order valence-electron chi connectivity index (χ4n) is 2.38. The lowest BCUT2D eigenvalue weighted by molar-refractivity contribution is -0.129. The highest BCUT2D eigenvalue weighted by molar-refractivity contribution is 5.92. The molecular weight excluding hydrogens is 336 g/mol. The number of carbonyl (C=O) groups is 2. The van der Waals surface area contributed by atoms with Crippen LogP contribution in [0.3, 0.4) is 0 Å². The Balaban J connectivity index is 1.54. The van der Waals surface area contributed by atoms with Crippen molar-refractivity contribution < 1.29 is 23.8 Å². The predicted octanol–water partition coefficient (Wildman–Crippen LogP) is 2.15. The van der Waals surface area contributed by atoms with Crippen molar-refractivity contribution in [3.63, 3.8) is 0 Å². The minimum atomic E-state index is -0.970. The van der Waals surface area contributed by atoms with Gasteiger partial charge < -0.3 is 19.5 Å². The van der Waals surface area contributed by atoms with Crippen LogP contribution in [-0.2, 0) is 16.1 Å². The van der Waals surface area contributed by atoms with Crippen LogP contribution in [0.4, 0.5) is 0 Å². The second kappa shape index (κ2) is 7.57. The molecule has 0 unspecified atom stereocenters. The van der Waals surface area contributed by atoms with Crippen LogP contribution in [0.2, 0.25) is 0 Å². The van der Waals surface area contributed by atoms with Crippen molar-refractivity contribution in [1.82, 2.24) is 5.32 Å². The Labute approximate surface area is 150 Å². The SMILES string of the molecule is C[C@H](OC(=O)c1cccc(C#N)c1)C(=O)NCc1ccc2c(c1)OCO2. The van der Waals surface area contributed by atoms with Gasteiger partial charge in [0.25, 0.3) is 5.91 Å². The van der Waals surface area contributed by atoms with Gasteiger partial charge in [0.2, 0.25) is 6.79 Å². The molecule has 0 saturated heterocycles. The van der Waals surface area contributed by atoms with Gasteiger partial charge in [-0.05, 0) is 42.8 Å². The molecule has 26 heavy (non-hydrogen) atoms. The van der Waals surface area contributed by atoms with Crippen LogP contribution in [0.15, 0.2) is 42.5 Å². The number of nitrogens with zero attached hydrogens (tertiary/aromatic N) is 1. The zero-order valence-electron chi connectivity index (χ0n) is 14.0. The molecule has 1 aliphatic heterocycles. The zero-order valence-corrected chi connectivity index (χ0v) is 14.0. The van der Waals surface area contributed by atoms with Gasteiger partial charge >= 0.3 is 5.97 Å². The van der Waals surface area contributed by atoms with E-state index in [0.29, 0.717) is 17.1 Å². The number of nitrogens with one attached hydrogen (secondary N) is 1. The first-order valence-electron chi connectivity index (χ1n) is 7.94. The van der Waals surface area contributed by atoms with Crippen molar-refractivity contribution in [2.45, 2.75) is 19.6 Å². The molecule has 0 aromatic heterocycles. The highest BCUT2D eigenvalue weighted by atomic mass is 16.7. The average molecular weight is 352 g/mol. The molecule has 3 rings (SSSR count). The number of hydrogen-bond donors (Lipinski definition) is 1. The third kappa shape index (κ3) is 3.92. The molecule has 132 valence electrons. The van der Waals surface area contributed by atoms with Gasteiger partial charge in [-0.25, -0.2) is 4.79 Å². The van der Waals surface area contributed by atoms with Crippen LogP contribution in [-0.4, -0.2) is 24.8 Å². The van der Waals surface area contributed by atoms with Gasteiger partial charge in [-0.15, -0.1) is 0 Å². The summed E-state index contributed by atoms with van der Waals surface area (Å²) in [4.78, 5) is 24.2. The van der Waals surface area contributed by atoms with Crippen molar-refractivity contribution in [1.29, 1.82) is 5.26 Å². The molecule has 0 saturated carbocycles. The molecule has 7 heteroatoms. The first-order chi connectivity index (χ1) is 12.6. The molecule has 7 nitrogen and oxygen atoms in total. The number of nitriles is 1. The molecule has 2 aromatic carbocycles. The molecule has 2 aromatic rings. The normalized spacial score (nSPS) is 12.8. The summed E-state index contributed by atoms with van der Waals surface area (Å²) in [5.41, 5.74) is 1.40. The van der Waals surface area contributed by atoms with E-state index in [4.69, 9.17) is 19.5 Å². The molecular formula is C19H16N2O5. The summed E-state index contributed by atoms with van der Waals surface area (Å²) < 4.78 is 15.7. The Morgan fingerprint density at radius 2 is 2.04 bits per heavy atom. The van der Waals surface area contributed by atoms with E-state index in [0.717, 1.165) is 5.56 Å². The second-order valence-electron chi connectivity index (χ2n) is 5.65.